The number of rotatable bonds is 1. The summed E-state index contributed by atoms with van der Waals surface area (Å²) >= 11 is 0. The number of aliphatic hydroxyl groups is 1. The van der Waals surface area contributed by atoms with Crippen LogP contribution in [0.2, 0.25) is 0 Å². The van der Waals surface area contributed by atoms with Gasteiger partial charge in [-0.3, -0.25) is 0 Å². The third-order valence-corrected chi connectivity index (χ3v) is 2.50. The van der Waals surface area contributed by atoms with Crippen molar-refractivity contribution in [3.63, 3.8) is 0 Å². The lowest BCUT2D eigenvalue weighted by Gasteiger charge is -2.34. The molecule has 0 amide bonds. The zero-order chi connectivity index (χ0) is 8.32. The third-order valence-electron chi connectivity index (χ3n) is 2.50. The molecular formula is C10H16O. The molecule has 1 N–H and O–H groups in total. The summed E-state index contributed by atoms with van der Waals surface area (Å²) in [6.45, 7) is 2.18. The average Bonchev–Trinajstić information content (AvgIpc) is 1.86. The second kappa shape index (κ2) is 3.28. The summed E-state index contributed by atoms with van der Waals surface area (Å²) in [5.74, 6) is 3.19. The standard InChI is InChI=1S/C10H16O/c1-3-6-10(11)7-4-5-9(2)8-10/h1,9,11H,4-8H2,2H3. The summed E-state index contributed by atoms with van der Waals surface area (Å²) in [6, 6.07) is 0. The van der Waals surface area contributed by atoms with Gasteiger partial charge in [0, 0.05) is 6.42 Å². The Bertz CT molecular complexity index is 168. The molecule has 0 aromatic rings. The highest BCUT2D eigenvalue weighted by Gasteiger charge is 2.31. The fraction of sp³-hybridized carbons (Fsp3) is 0.800. The molecule has 1 aliphatic carbocycles. The molecule has 0 aromatic heterocycles. The predicted octanol–water partition coefficient (Wildman–Crippen LogP) is 1.95. The van der Waals surface area contributed by atoms with Gasteiger partial charge in [0.2, 0.25) is 0 Å². The SMILES string of the molecule is C#CCC1(O)CCCC(C)C1. The van der Waals surface area contributed by atoms with Gasteiger partial charge in [0.1, 0.15) is 0 Å². The molecule has 0 saturated heterocycles. The summed E-state index contributed by atoms with van der Waals surface area (Å²) in [5, 5.41) is 9.90. The molecule has 1 fully saturated rings. The second-order valence-electron chi connectivity index (χ2n) is 3.81. The Hall–Kier alpha value is -0.480. The molecule has 0 heterocycles. The number of hydrogen-bond donors (Lipinski definition) is 1. The maximum atomic E-state index is 9.90. The van der Waals surface area contributed by atoms with Gasteiger partial charge in [0.15, 0.2) is 0 Å². The van der Waals surface area contributed by atoms with Crippen LogP contribution in [0.3, 0.4) is 0 Å². The van der Waals surface area contributed by atoms with E-state index in [2.05, 4.69) is 12.8 Å². The van der Waals surface area contributed by atoms with Gasteiger partial charge in [-0.05, 0) is 18.8 Å². The maximum Gasteiger partial charge on any atom is 0.0759 e. The van der Waals surface area contributed by atoms with Gasteiger partial charge >= 0.3 is 0 Å². The molecule has 0 aliphatic heterocycles. The minimum atomic E-state index is -0.535. The van der Waals surface area contributed by atoms with Gasteiger partial charge in [-0.25, -0.2) is 0 Å². The molecule has 62 valence electrons. The van der Waals surface area contributed by atoms with Crippen LogP contribution in [-0.4, -0.2) is 10.7 Å². The van der Waals surface area contributed by atoms with Crippen LogP contribution < -0.4 is 0 Å². The Morgan fingerprint density at radius 1 is 1.73 bits per heavy atom. The van der Waals surface area contributed by atoms with Crippen LogP contribution in [0.4, 0.5) is 0 Å². The topological polar surface area (TPSA) is 20.2 Å². The van der Waals surface area contributed by atoms with E-state index in [4.69, 9.17) is 6.42 Å². The molecule has 0 aromatic carbocycles. The van der Waals surface area contributed by atoms with E-state index in [1.54, 1.807) is 0 Å². The van der Waals surface area contributed by atoms with E-state index >= 15 is 0 Å². The molecule has 2 atom stereocenters. The minimum Gasteiger partial charge on any atom is -0.389 e. The average molecular weight is 152 g/mol. The lowest BCUT2D eigenvalue weighted by Crippen LogP contribution is -2.33. The first kappa shape index (κ1) is 8.62. The van der Waals surface area contributed by atoms with Crippen molar-refractivity contribution < 1.29 is 5.11 Å². The van der Waals surface area contributed by atoms with Crippen LogP contribution in [0, 0.1) is 18.3 Å². The lowest BCUT2D eigenvalue weighted by atomic mass is 9.77. The van der Waals surface area contributed by atoms with Crippen LogP contribution >= 0.6 is 0 Å². The Labute approximate surface area is 68.8 Å². The van der Waals surface area contributed by atoms with Gasteiger partial charge in [0.05, 0.1) is 5.60 Å². The van der Waals surface area contributed by atoms with E-state index in [1.807, 2.05) is 0 Å². The molecule has 1 heteroatoms. The highest BCUT2D eigenvalue weighted by molar-refractivity contribution is 4.97. The summed E-state index contributed by atoms with van der Waals surface area (Å²) in [5.41, 5.74) is -0.535. The largest absolute Gasteiger partial charge is 0.389 e. The molecule has 0 spiro atoms. The molecule has 0 radical (unpaired) electrons. The van der Waals surface area contributed by atoms with Crippen LogP contribution in [0.15, 0.2) is 0 Å². The fourth-order valence-corrected chi connectivity index (χ4v) is 1.98. The van der Waals surface area contributed by atoms with E-state index in [-0.39, 0.29) is 0 Å². The van der Waals surface area contributed by atoms with E-state index in [0.717, 1.165) is 19.3 Å². The van der Waals surface area contributed by atoms with Crippen LogP contribution in [-0.2, 0) is 0 Å². The van der Waals surface area contributed by atoms with Crippen molar-refractivity contribution in [1.29, 1.82) is 0 Å². The van der Waals surface area contributed by atoms with Crippen molar-refractivity contribution in [2.24, 2.45) is 5.92 Å². The summed E-state index contributed by atoms with van der Waals surface area (Å²) < 4.78 is 0. The highest BCUT2D eigenvalue weighted by atomic mass is 16.3. The van der Waals surface area contributed by atoms with Crippen molar-refractivity contribution in [2.75, 3.05) is 0 Å². The van der Waals surface area contributed by atoms with Gasteiger partial charge in [-0.2, -0.15) is 0 Å². The monoisotopic (exact) mass is 152 g/mol. The fourth-order valence-electron chi connectivity index (χ4n) is 1.98. The summed E-state index contributed by atoms with van der Waals surface area (Å²) in [7, 11) is 0. The van der Waals surface area contributed by atoms with Crippen LogP contribution in [0.5, 0.6) is 0 Å². The van der Waals surface area contributed by atoms with E-state index in [1.165, 1.54) is 6.42 Å². The molecule has 11 heavy (non-hydrogen) atoms. The van der Waals surface area contributed by atoms with E-state index in [9.17, 15) is 5.11 Å². The van der Waals surface area contributed by atoms with Crippen molar-refractivity contribution in [3.8, 4) is 12.3 Å². The molecule has 1 aliphatic rings. The molecule has 0 bridgehead atoms. The Kier molecular flexibility index (Phi) is 2.57. The molecular weight excluding hydrogens is 136 g/mol. The van der Waals surface area contributed by atoms with E-state index < -0.39 is 5.60 Å². The van der Waals surface area contributed by atoms with E-state index in [0.29, 0.717) is 12.3 Å². The number of hydrogen-bond acceptors (Lipinski definition) is 1. The van der Waals surface area contributed by atoms with Gasteiger partial charge in [0.25, 0.3) is 0 Å². The van der Waals surface area contributed by atoms with Crippen molar-refractivity contribution in [1.82, 2.24) is 0 Å². The first-order valence-electron chi connectivity index (χ1n) is 4.32. The van der Waals surface area contributed by atoms with Gasteiger partial charge in [-0.1, -0.05) is 19.8 Å². The van der Waals surface area contributed by atoms with Gasteiger partial charge < -0.3 is 5.11 Å². The smallest absolute Gasteiger partial charge is 0.0759 e. The van der Waals surface area contributed by atoms with Crippen LogP contribution in [0.1, 0.15) is 39.0 Å². The molecule has 1 rings (SSSR count). The molecule has 1 nitrogen and oxygen atoms in total. The summed E-state index contributed by atoms with van der Waals surface area (Å²) in [4.78, 5) is 0. The number of terminal acetylenes is 1. The molecule has 1 saturated carbocycles. The van der Waals surface area contributed by atoms with Crippen LogP contribution in [0.25, 0.3) is 0 Å². The Morgan fingerprint density at radius 3 is 3.00 bits per heavy atom. The minimum absolute atomic E-state index is 0.525. The lowest BCUT2D eigenvalue weighted by molar-refractivity contribution is -0.00813. The predicted molar refractivity (Wildman–Crippen MR) is 46.0 cm³/mol. The van der Waals surface area contributed by atoms with Crippen molar-refractivity contribution >= 4 is 0 Å². The van der Waals surface area contributed by atoms with Gasteiger partial charge in [-0.15, -0.1) is 12.3 Å². The zero-order valence-corrected chi connectivity index (χ0v) is 7.14. The first-order valence-corrected chi connectivity index (χ1v) is 4.32. The summed E-state index contributed by atoms with van der Waals surface area (Å²) in [6.07, 6.45) is 9.85. The second-order valence-corrected chi connectivity index (χ2v) is 3.81. The molecule has 2 unspecified atom stereocenters. The highest BCUT2D eigenvalue weighted by Crippen LogP contribution is 2.33. The Balaban J connectivity index is 2.50. The Morgan fingerprint density at radius 2 is 2.45 bits per heavy atom. The van der Waals surface area contributed by atoms with Crippen molar-refractivity contribution in [2.45, 2.75) is 44.6 Å². The van der Waals surface area contributed by atoms with Crippen molar-refractivity contribution in [3.05, 3.63) is 0 Å². The normalized spacial score (nSPS) is 38.1. The third kappa shape index (κ3) is 2.24. The zero-order valence-electron chi connectivity index (χ0n) is 7.14. The first-order chi connectivity index (χ1) is 5.16. The maximum absolute atomic E-state index is 9.90. The quantitative estimate of drug-likeness (QED) is 0.569.